The van der Waals surface area contributed by atoms with Gasteiger partial charge in [-0.05, 0) is 40.2 Å². The molecule has 3 heteroatoms. The number of nitrogens with one attached hydrogen (secondary N) is 1. The number of nitrogens with zero attached hydrogens (tertiary/aromatic N) is 1. The quantitative estimate of drug-likeness (QED) is 0.739. The molecule has 0 spiro atoms. The molecule has 0 aliphatic carbocycles. The lowest BCUT2D eigenvalue weighted by atomic mass is 9.81. The normalized spacial score (nSPS) is 25.5. The third-order valence-electron chi connectivity index (χ3n) is 3.32. The van der Waals surface area contributed by atoms with Crippen molar-refractivity contribution in [2.45, 2.75) is 39.7 Å². The second kappa shape index (κ2) is 5.48. The number of hydrogen-bond acceptors (Lipinski definition) is 2. The standard InChI is InChI=1S/C13H24N2O/c1-5-9-15(11(2)3)12(16)13(4)7-6-8-14-10-13/h5,11,14H,1,6-10H2,2-4H3. The molecule has 1 unspecified atom stereocenters. The van der Waals surface area contributed by atoms with E-state index < -0.39 is 0 Å². The van der Waals surface area contributed by atoms with Crippen LogP contribution in [-0.4, -0.2) is 36.5 Å². The van der Waals surface area contributed by atoms with Crippen molar-refractivity contribution in [3.8, 4) is 0 Å². The van der Waals surface area contributed by atoms with Gasteiger partial charge in [0, 0.05) is 19.1 Å². The first-order chi connectivity index (χ1) is 7.51. The van der Waals surface area contributed by atoms with Gasteiger partial charge >= 0.3 is 0 Å². The van der Waals surface area contributed by atoms with Gasteiger partial charge < -0.3 is 10.2 Å². The summed E-state index contributed by atoms with van der Waals surface area (Å²) >= 11 is 0. The van der Waals surface area contributed by atoms with Crippen LogP contribution in [0.1, 0.15) is 33.6 Å². The minimum Gasteiger partial charge on any atom is -0.336 e. The first kappa shape index (κ1) is 13.2. The van der Waals surface area contributed by atoms with Crippen molar-refractivity contribution in [1.29, 1.82) is 0 Å². The fourth-order valence-corrected chi connectivity index (χ4v) is 2.25. The Bertz CT molecular complexity index is 255. The maximum absolute atomic E-state index is 12.5. The minimum absolute atomic E-state index is 0.231. The SMILES string of the molecule is C=CCN(C(=O)C1(C)CCCNC1)C(C)C. The third kappa shape index (κ3) is 2.85. The van der Waals surface area contributed by atoms with Gasteiger partial charge in [0.2, 0.25) is 5.91 Å². The Balaban J connectivity index is 2.75. The van der Waals surface area contributed by atoms with E-state index in [1.807, 2.05) is 4.90 Å². The van der Waals surface area contributed by atoms with E-state index in [0.29, 0.717) is 6.54 Å². The Morgan fingerprint density at radius 2 is 2.31 bits per heavy atom. The Labute approximate surface area is 98.9 Å². The topological polar surface area (TPSA) is 32.3 Å². The van der Waals surface area contributed by atoms with Gasteiger partial charge in [-0.1, -0.05) is 6.08 Å². The largest absolute Gasteiger partial charge is 0.336 e. The van der Waals surface area contributed by atoms with Crippen LogP contribution in [0.2, 0.25) is 0 Å². The van der Waals surface area contributed by atoms with E-state index in [1.54, 1.807) is 6.08 Å². The fraction of sp³-hybridized carbons (Fsp3) is 0.769. The third-order valence-corrected chi connectivity index (χ3v) is 3.32. The van der Waals surface area contributed by atoms with E-state index in [4.69, 9.17) is 0 Å². The highest BCUT2D eigenvalue weighted by Crippen LogP contribution is 2.28. The predicted molar refractivity (Wildman–Crippen MR) is 67.3 cm³/mol. The minimum atomic E-state index is -0.231. The van der Waals surface area contributed by atoms with Crippen LogP contribution in [0.25, 0.3) is 0 Å². The molecule has 0 saturated carbocycles. The monoisotopic (exact) mass is 224 g/mol. The maximum Gasteiger partial charge on any atom is 0.230 e. The summed E-state index contributed by atoms with van der Waals surface area (Å²) in [6.07, 6.45) is 3.87. The molecule has 1 atom stereocenters. The molecule has 1 saturated heterocycles. The molecule has 3 nitrogen and oxygen atoms in total. The van der Waals surface area contributed by atoms with Crippen molar-refractivity contribution < 1.29 is 4.79 Å². The number of piperidine rings is 1. The molecule has 1 rings (SSSR count). The van der Waals surface area contributed by atoms with Crippen LogP contribution in [0.4, 0.5) is 0 Å². The van der Waals surface area contributed by atoms with Crippen LogP contribution >= 0.6 is 0 Å². The summed E-state index contributed by atoms with van der Waals surface area (Å²) in [5, 5.41) is 3.32. The Morgan fingerprint density at radius 1 is 1.62 bits per heavy atom. The second-order valence-corrected chi connectivity index (χ2v) is 5.18. The summed E-state index contributed by atoms with van der Waals surface area (Å²) < 4.78 is 0. The molecular weight excluding hydrogens is 200 g/mol. The highest BCUT2D eigenvalue weighted by molar-refractivity contribution is 5.83. The van der Waals surface area contributed by atoms with Crippen LogP contribution in [0.5, 0.6) is 0 Å². The van der Waals surface area contributed by atoms with Crippen LogP contribution < -0.4 is 5.32 Å². The number of amides is 1. The maximum atomic E-state index is 12.5. The summed E-state index contributed by atoms with van der Waals surface area (Å²) in [7, 11) is 0. The fourth-order valence-electron chi connectivity index (χ4n) is 2.25. The highest BCUT2D eigenvalue weighted by Gasteiger charge is 2.38. The van der Waals surface area contributed by atoms with Gasteiger partial charge in [-0.3, -0.25) is 4.79 Å². The Morgan fingerprint density at radius 3 is 2.75 bits per heavy atom. The van der Waals surface area contributed by atoms with Gasteiger partial charge in [-0.25, -0.2) is 0 Å². The van der Waals surface area contributed by atoms with Crippen LogP contribution in [0.15, 0.2) is 12.7 Å². The van der Waals surface area contributed by atoms with Crippen molar-refractivity contribution in [2.24, 2.45) is 5.41 Å². The molecule has 1 fully saturated rings. The van der Waals surface area contributed by atoms with Crippen molar-refractivity contribution in [3.05, 3.63) is 12.7 Å². The van der Waals surface area contributed by atoms with Crippen LogP contribution in [0.3, 0.4) is 0 Å². The molecule has 0 radical (unpaired) electrons. The molecule has 1 N–H and O–H groups in total. The summed E-state index contributed by atoms with van der Waals surface area (Å²) in [6.45, 7) is 12.4. The van der Waals surface area contributed by atoms with Crippen LogP contribution in [-0.2, 0) is 4.79 Å². The summed E-state index contributed by atoms with van der Waals surface area (Å²) in [5.41, 5.74) is -0.231. The van der Waals surface area contributed by atoms with Gasteiger partial charge in [0.1, 0.15) is 0 Å². The number of hydrogen-bond donors (Lipinski definition) is 1. The molecule has 1 amide bonds. The van der Waals surface area contributed by atoms with Gasteiger partial charge in [0.25, 0.3) is 0 Å². The zero-order chi connectivity index (χ0) is 12.2. The summed E-state index contributed by atoms with van der Waals surface area (Å²) in [4.78, 5) is 14.4. The van der Waals surface area contributed by atoms with E-state index in [9.17, 15) is 4.79 Å². The average molecular weight is 224 g/mol. The lowest BCUT2D eigenvalue weighted by Gasteiger charge is -2.38. The predicted octanol–water partition coefficient (Wildman–Crippen LogP) is 1.80. The first-order valence-corrected chi connectivity index (χ1v) is 6.14. The van der Waals surface area contributed by atoms with Gasteiger partial charge in [0.15, 0.2) is 0 Å². The molecule has 92 valence electrons. The van der Waals surface area contributed by atoms with Gasteiger partial charge in [-0.15, -0.1) is 6.58 Å². The summed E-state index contributed by atoms with van der Waals surface area (Å²) in [6, 6.07) is 0.240. The van der Waals surface area contributed by atoms with E-state index in [-0.39, 0.29) is 17.4 Å². The smallest absolute Gasteiger partial charge is 0.230 e. The highest BCUT2D eigenvalue weighted by atomic mass is 16.2. The average Bonchev–Trinajstić information content (AvgIpc) is 2.25. The van der Waals surface area contributed by atoms with Crippen molar-refractivity contribution >= 4 is 5.91 Å². The van der Waals surface area contributed by atoms with Crippen molar-refractivity contribution in [2.75, 3.05) is 19.6 Å². The molecule has 1 heterocycles. The number of carbonyl (C=O) groups excluding carboxylic acids is 1. The second-order valence-electron chi connectivity index (χ2n) is 5.18. The van der Waals surface area contributed by atoms with E-state index in [2.05, 4.69) is 32.7 Å². The zero-order valence-electron chi connectivity index (χ0n) is 10.8. The molecule has 0 bridgehead atoms. The Hall–Kier alpha value is -0.830. The molecule has 0 aromatic rings. The molecule has 0 aromatic carbocycles. The van der Waals surface area contributed by atoms with Gasteiger partial charge in [0.05, 0.1) is 5.41 Å². The molecule has 0 aromatic heterocycles. The van der Waals surface area contributed by atoms with Gasteiger partial charge in [-0.2, -0.15) is 0 Å². The van der Waals surface area contributed by atoms with Crippen molar-refractivity contribution in [3.63, 3.8) is 0 Å². The molecule has 16 heavy (non-hydrogen) atoms. The van der Waals surface area contributed by atoms with E-state index in [1.165, 1.54) is 0 Å². The molecule has 1 aliphatic rings. The van der Waals surface area contributed by atoms with E-state index in [0.717, 1.165) is 25.9 Å². The van der Waals surface area contributed by atoms with Crippen LogP contribution in [0, 0.1) is 5.41 Å². The summed E-state index contributed by atoms with van der Waals surface area (Å²) in [5.74, 6) is 0.259. The Kier molecular flexibility index (Phi) is 4.54. The van der Waals surface area contributed by atoms with E-state index >= 15 is 0 Å². The lowest BCUT2D eigenvalue weighted by molar-refractivity contribution is -0.143. The lowest BCUT2D eigenvalue weighted by Crippen LogP contribution is -2.52. The first-order valence-electron chi connectivity index (χ1n) is 6.14. The molecular formula is C13H24N2O. The zero-order valence-corrected chi connectivity index (χ0v) is 10.8. The van der Waals surface area contributed by atoms with Crippen molar-refractivity contribution in [1.82, 2.24) is 10.2 Å². The number of rotatable bonds is 4. The molecule has 1 aliphatic heterocycles. The number of carbonyl (C=O) groups is 1.